The highest BCUT2D eigenvalue weighted by Gasteiger charge is 2.53. The maximum absolute atomic E-state index is 10.7. The van der Waals surface area contributed by atoms with Gasteiger partial charge in [-0.3, -0.25) is 0 Å². The van der Waals surface area contributed by atoms with E-state index >= 15 is 0 Å². The fraction of sp³-hybridized carbons (Fsp3) is 0.889. The van der Waals surface area contributed by atoms with Crippen molar-refractivity contribution in [2.45, 2.75) is 43.3 Å². The van der Waals surface area contributed by atoms with E-state index in [0.29, 0.717) is 0 Å². The average molecular weight is 266 g/mol. The number of aliphatic hydroxyl groups is 3. The van der Waals surface area contributed by atoms with Crippen molar-refractivity contribution in [3.05, 3.63) is 0 Å². The average Bonchev–Trinajstić information content (AvgIpc) is 2.29. The molecule has 0 saturated carbocycles. The molecule has 0 radical (unpaired) electrons. The summed E-state index contributed by atoms with van der Waals surface area (Å²) in [6.07, 6.45) is -7.02. The number of hydrogen-bond acceptors (Lipinski definition) is 8. The summed E-state index contributed by atoms with van der Waals surface area (Å²) >= 11 is 0. The first kappa shape index (κ1) is 15.2. The lowest BCUT2D eigenvalue weighted by Gasteiger charge is -2.47. The molecule has 1 aliphatic heterocycles. The van der Waals surface area contributed by atoms with E-state index in [2.05, 4.69) is 0 Å². The Morgan fingerprint density at radius 1 is 1.50 bits per heavy atom. The predicted molar refractivity (Wildman–Crippen MR) is 57.0 cm³/mol. The molecule has 0 aromatic rings. The molecule has 106 valence electrons. The van der Waals surface area contributed by atoms with Crippen LogP contribution in [0.15, 0.2) is 0 Å². The number of carboxylic acids is 1. The molecular formula is C9H18N2O7. The third-order valence-electron chi connectivity index (χ3n) is 2.79. The van der Waals surface area contributed by atoms with Crippen molar-refractivity contribution in [3.8, 4) is 0 Å². The summed E-state index contributed by atoms with van der Waals surface area (Å²) in [6.45, 7) is 0.622. The molecule has 0 spiro atoms. The van der Waals surface area contributed by atoms with E-state index in [1.165, 1.54) is 6.92 Å². The van der Waals surface area contributed by atoms with Crippen molar-refractivity contribution in [1.82, 2.24) is 0 Å². The van der Waals surface area contributed by atoms with Gasteiger partial charge in [0.15, 0.2) is 12.4 Å². The van der Waals surface area contributed by atoms with Gasteiger partial charge in [-0.2, -0.15) is 0 Å². The zero-order valence-corrected chi connectivity index (χ0v) is 9.76. The van der Waals surface area contributed by atoms with Gasteiger partial charge in [0.2, 0.25) is 0 Å². The topological polar surface area (TPSA) is 168 Å². The molecule has 1 rings (SSSR count). The number of carboxylic acid groups (broad SMARTS) is 1. The van der Waals surface area contributed by atoms with Gasteiger partial charge in [-0.05, 0) is 6.92 Å². The Balaban J connectivity index is 2.90. The van der Waals surface area contributed by atoms with E-state index in [1.807, 2.05) is 0 Å². The third kappa shape index (κ3) is 2.78. The Labute approximate surface area is 103 Å². The van der Waals surface area contributed by atoms with Gasteiger partial charge in [0.05, 0.1) is 6.61 Å². The Kier molecular flexibility index (Phi) is 4.61. The summed E-state index contributed by atoms with van der Waals surface area (Å²) in [5.41, 5.74) is 9.14. The number of carbonyl (C=O) groups is 1. The first-order valence-corrected chi connectivity index (χ1v) is 5.30. The van der Waals surface area contributed by atoms with Gasteiger partial charge in [0.25, 0.3) is 0 Å². The number of hydrogen-bond donors (Lipinski definition) is 6. The maximum atomic E-state index is 10.7. The monoisotopic (exact) mass is 266 g/mol. The van der Waals surface area contributed by atoms with Crippen LogP contribution in [-0.2, 0) is 14.3 Å². The molecule has 0 aromatic carbocycles. The number of aliphatic hydroxyl groups excluding tert-OH is 3. The fourth-order valence-corrected chi connectivity index (χ4v) is 1.62. The van der Waals surface area contributed by atoms with Crippen molar-refractivity contribution in [2.24, 2.45) is 11.5 Å². The molecule has 1 heterocycles. The number of aliphatic carboxylic acids is 1. The highest BCUT2D eigenvalue weighted by atomic mass is 16.6. The van der Waals surface area contributed by atoms with E-state index in [9.17, 15) is 15.0 Å². The van der Waals surface area contributed by atoms with E-state index < -0.39 is 48.9 Å². The van der Waals surface area contributed by atoms with Crippen molar-refractivity contribution in [3.63, 3.8) is 0 Å². The molecule has 18 heavy (non-hydrogen) atoms. The lowest BCUT2D eigenvalue weighted by molar-refractivity contribution is -0.289. The molecule has 1 aliphatic rings. The second-order valence-electron chi connectivity index (χ2n) is 4.24. The second-order valence-corrected chi connectivity index (χ2v) is 4.24. The van der Waals surface area contributed by atoms with Gasteiger partial charge >= 0.3 is 5.97 Å². The SMILES string of the molecule is CC(O[C@H]1[C@H](O)[C@@H](CO)O[C@H](O)C1(N)N)C(=O)O. The predicted octanol–water partition coefficient (Wildman–Crippen LogP) is -3.47. The van der Waals surface area contributed by atoms with Gasteiger partial charge in [0.1, 0.15) is 24.0 Å². The number of rotatable bonds is 4. The minimum atomic E-state index is -1.99. The number of ether oxygens (including phenoxy) is 2. The zero-order chi connectivity index (χ0) is 14.1. The lowest BCUT2D eigenvalue weighted by atomic mass is 9.92. The quantitative estimate of drug-likeness (QED) is 0.283. The summed E-state index contributed by atoms with van der Waals surface area (Å²) in [5.74, 6) is -1.28. The molecule has 1 saturated heterocycles. The summed E-state index contributed by atoms with van der Waals surface area (Å²) in [6, 6.07) is 0. The Bertz CT molecular complexity index is 311. The molecule has 5 atom stereocenters. The largest absolute Gasteiger partial charge is 0.479 e. The van der Waals surface area contributed by atoms with Crippen LogP contribution in [0.25, 0.3) is 0 Å². The zero-order valence-electron chi connectivity index (χ0n) is 9.76. The molecule has 0 aliphatic carbocycles. The Morgan fingerprint density at radius 2 is 2.06 bits per heavy atom. The van der Waals surface area contributed by atoms with Crippen molar-refractivity contribution in [1.29, 1.82) is 0 Å². The van der Waals surface area contributed by atoms with Crippen LogP contribution in [0.1, 0.15) is 6.92 Å². The van der Waals surface area contributed by atoms with Crippen LogP contribution in [0.4, 0.5) is 0 Å². The Morgan fingerprint density at radius 3 is 2.50 bits per heavy atom. The van der Waals surface area contributed by atoms with Crippen LogP contribution < -0.4 is 11.5 Å². The van der Waals surface area contributed by atoms with Crippen LogP contribution in [-0.4, -0.2) is 69.4 Å². The van der Waals surface area contributed by atoms with E-state index in [0.717, 1.165) is 0 Å². The molecule has 1 fully saturated rings. The normalized spacial score (nSPS) is 37.2. The molecule has 9 heteroatoms. The van der Waals surface area contributed by atoms with Crippen LogP contribution in [0.2, 0.25) is 0 Å². The molecule has 0 aromatic heterocycles. The second kappa shape index (κ2) is 5.45. The molecular weight excluding hydrogens is 248 g/mol. The van der Waals surface area contributed by atoms with Crippen molar-refractivity contribution in [2.75, 3.05) is 6.61 Å². The summed E-state index contributed by atoms with van der Waals surface area (Å²) in [7, 11) is 0. The highest BCUT2D eigenvalue weighted by molar-refractivity contribution is 5.71. The van der Waals surface area contributed by atoms with Gasteiger partial charge in [-0.1, -0.05) is 0 Å². The smallest absolute Gasteiger partial charge is 0.332 e. The molecule has 9 nitrogen and oxygen atoms in total. The molecule has 0 amide bonds. The van der Waals surface area contributed by atoms with Crippen LogP contribution in [0.5, 0.6) is 0 Å². The standard InChI is InChI=1S/C9H18N2O7/c1-3(7(14)15)17-6-5(13)4(2-12)18-8(16)9(6,10)11/h3-6,8,12-13,16H,2,10-11H2,1H3,(H,14,15)/t3?,4-,5-,6+,8+/m1/s1. The van der Waals surface area contributed by atoms with Crippen molar-refractivity contribution < 1.29 is 34.7 Å². The first-order chi connectivity index (χ1) is 8.21. The van der Waals surface area contributed by atoms with Crippen LogP contribution in [0, 0.1) is 0 Å². The molecule has 0 bridgehead atoms. The van der Waals surface area contributed by atoms with Gasteiger partial charge in [0, 0.05) is 0 Å². The number of nitrogens with two attached hydrogens (primary N) is 2. The summed E-state index contributed by atoms with van der Waals surface area (Å²) < 4.78 is 9.85. The van der Waals surface area contributed by atoms with Crippen LogP contribution in [0.3, 0.4) is 0 Å². The first-order valence-electron chi connectivity index (χ1n) is 5.30. The van der Waals surface area contributed by atoms with Gasteiger partial charge in [-0.25, -0.2) is 4.79 Å². The summed E-state index contributed by atoms with van der Waals surface area (Å²) in [5, 5.41) is 37.1. The molecule has 8 N–H and O–H groups in total. The van der Waals surface area contributed by atoms with E-state index in [-0.39, 0.29) is 0 Å². The van der Waals surface area contributed by atoms with Gasteiger partial charge < -0.3 is 41.4 Å². The van der Waals surface area contributed by atoms with Crippen LogP contribution >= 0.6 is 0 Å². The van der Waals surface area contributed by atoms with Crippen molar-refractivity contribution >= 4 is 5.97 Å². The summed E-state index contributed by atoms with van der Waals surface area (Å²) in [4.78, 5) is 10.7. The van der Waals surface area contributed by atoms with Gasteiger partial charge in [-0.15, -0.1) is 0 Å². The lowest BCUT2D eigenvalue weighted by Crippen LogP contribution is -2.76. The Hall–Kier alpha value is -0.810. The maximum Gasteiger partial charge on any atom is 0.332 e. The van der Waals surface area contributed by atoms with E-state index in [4.69, 9.17) is 31.2 Å². The van der Waals surface area contributed by atoms with E-state index in [1.54, 1.807) is 0 Å². The molecule has 1 unspecified atom stereocenters. The minimum absolute atomic E-state index is 0.602. The highest BCUT2D eigenvalue weighted by Crippen LogP contribution is 2.26. The fourth-order valence-electron chi connectivity index (χ4n) is 1.62. The third-order valence-corrected chi connectivity index (χ3v) is 2.79. The minimum Gasteiger partial charge on any atom is -0.479 e.